The second-order valence-electron chi connectivity index (χ2n) is 1.84. The number of hydrogen-bond donors (Lipinski definition) is 1. The Bertz CT molecular complexity index is 155. The molecule has 0 heterocycles. The Morgan fingerprint density at radius 2 is 1.67 bits per heavy atom. The smallest absolute Gasteiger partial charge is 1.00 e. The van der Waals surface area contributed by atoms with Crippen molar-refractivity contribution in [2.45, 2.75) is 6.92 Å². The Morgan fingerprint density at radius 1 is 1.22 bits per heavy atom. The number of aryl methyl sites for hydroxylation is 1. The van der Waals surface area contributed by atoms with Crippen molar-refractivity contribution in [1.82, 2.24) is 0 Å². The number of hydrogen-bond acceptors (Lipinski definition) is 1. The van der Waals surface area contributed by atoms with Crippen LogP contribution < -0.4 is 0 Å². The minimum Gasteiger partial charge on any atom is -1.00 e. The Morgan fingerprint density at radius 3 is 2.00 bits per heavy atom. The summed E-state index contributed by atoms with van der Waals surface area (Å²) < 4.78 is 0. The van der Waals surface area contributed by atoms with E-state index in [-0.39, 0.29) is 40.6 Å². The first-order valence-corrected chi connectivity index (χ1v) is 2.54. The van der Waals surface area contributed by atoms with Crippen LogP contribution in [0.3, 0.4) is 0 Å². The summed E-state index contributed by atoms with van der Waals surface area (Å²) in [4.78, 5) is 0. The van der Waals surface area contributed by atoms with E-state index in [9.17, 15) is 0 Å². The molecule has 1 N–H and O–H groups in total. The van der Waals surface area contributed by atoms with E-state index in [1.54, 1.807) is 12.1 Å². The van der Waals surface area contributed by atoms with E-state index in [0.717, 1.165) is 0 Å². The molecule has 0 aliphatic rings. The first-order chi connectivity index (χ1) is 3.79. The van der Waals surface area contributed by atoms with Crippen LogP contribution in [0.1, 0.15) is 8.42 Å². The standard InChI is InChI=1S/C7H8O.Ca.2H/c1-6-2-4-7(8)5-3-6;;;/h2-5,8H,1H3;;;/q;+2;2*-1. The largest absolute Gasteiger partial charge is 2.00 e. The molecule has 0 fully saturated rings. The predicted octanol–water partition coefficient (Wildman–Crippen LogP) is 1.54. The first kappa shape index (κ1) is 9.28. The summed E-state index contributed by atoms with van der Waals surface area (Å²) in [6, 6.07) is 7.09. The van der Waals surface area contributed by atoms with E-state index >= 15 is 0 Å². The predicted molar refractivity (Wildman–Crippen MR) is 40.8 cm³/mol. The van der Waals surface area contributed by atoms with E-state index < -0.39 is 0 Å². The quantitative estimate of drug-likeness (QED) is 0.556. The van der Waals surface area contributed by atoms with E-state index in [4.69, 9.17) is 5.11 Å². The Kier molecular flexibility index (Phi) is 4.28. The molecular weight excluding hydrogens is 140 g/mol. The third-order valence-electron chi connectivity index (χ3n) is 1.03. The summed E-state index contributed by atoms with van der Waals surface area (Å²) in [5.74, 6) is 0.329. The van der Waals surface area contributed by atoms with E-state index in [1.165, 1.54) is 5.56 Å². The summed E-state index contributed by atoms with van der Waals surface area (Å²) in [5.41, 5.74) is 1.17. The Labute approximate surface area is 87.7 Å². The van der Waals surface area contributed by atoms with Crippen molar-refractivity contribution < 1.29 is 7.96 Å². The van der Waals surface area contributed by atoms with Gasteiger partial charge in [0.2, 0.25) is 0 Å². The van der Waals surface area contributed by atoms with Gasteiger partial charge in [0.05, 0.1) is 0 Å². The molecule has 0 atom stereocenters. The van der Waals surface area contributed by atoms with Crippen LogP contribution in [0.25, 0.3) is 0 Å². The number of benzene rings is 1. The van der Waals surface area contributed by atoms with Gasteiger partial charge in [-0.3, -0.25) is 0 Å². The molecule has 0 bridgehead atoms. The van der Waals surface area contributed by atoms with Gasteiger partial charge in [0, 0.05) is 0 Å². The molecule has 1 rings (SSSR count). The van der Waals surface area contributed by atoms with Crippen molar-refractivity contribution in [3.05, 3.63) is 29.8 Å². The maximum Gasteiger partial charge on any atom is 2.00 e. The fourth-order valence-electron chi connectivity index (χ4n) is 0.545. The first-order valence-electron chi connectivity index (χ1n) is 2.54. The van der Waals surface area contributed by atoms with Crippen molar-refractivity contribution in [2.75, 3.05) is 0 Å². The molecule has 1 nitrogen and oxygen atoms in total. The molecule has 0 amide bonds. The average molecular weight is 150 g/mol. The van der Waals surface area contributed by atoms with Gasteiger partial charge in [-0.15, -0.1) is 0 Å². The molecule has 1 aromatic rings. The van der Waals surface area contributed by atoms with Crippen molar-refractivity contribution in [1.29, 1.82) is 0 Å². The molecule has 0 saturated heterocycles. The zero-order valence-electron chi connectivity index (χ0n) is 7.46. The van der Waals surface area contributed by atoms with Crippen LogP contribution in [0.2, 0.25) is 0 Å². The van der Waals surface area contributed by atoms with Gasteiger partial charge in [-0.25, -0.2) is 0 Å². The topological polar surface area (TPSA) is 20.2 Å². The Balaban J connectivity index is -0.000000213. The molecule has 0 radical (unpaired) electrons. The van der Waals surface area contributed by atoms with Gasteiger partial charge < -0.3 is 7.96 Å². The van der Waals surface area contributed by atoms with Crippen LogP contribution in [-0.2, 0) is 0 Å². The zero-order chi connectivity index (χ0) is 5.98. The molecular formula is C7H10CaO. The van der Waals surface area contributed by atoms with E-state index in [0.29, 0.717) is 5.75 Å². The molecule has 46 valence electrons. The summed E-state index contributed by atoms with van der Waals surface area (Å²) in [6.07, 6.45) is 0. The van der Waals surface area contributed by atoms with Crippen LogP contribution in [0.4, 0.5) is 0 Å². The molecule has 0 unspecified atom stereocenters. The molecule has 2 heteroatoms. The van der Waals surface area contributed by atoms with Crippen LogP contribution in [0.15, 0.2) is 24.3 Å². The van der Waals surface area contributed by atoms with E-state index in [1.807, 2.05) is 19.1 Å². The molecule has 1 aromatic carbocycles. The monoisotopic (exact) mass is 150 g/mol. The summed E-state index contributed by atoms with van der Waals surface area (Å²) in [6.45, 7) is 1.99. The number of rotatable bonds is 0. The van der Waals surface area contributed by atoms with Gasteiger partial charge in [0.1, 0.15) is 5.75 Å². The minimum absolute atomic E-state index is 0. The third-order valence-corrected chi connectivity index (χ3v) is 1.03. The molecule has 9 heavy (non-hydrogen) atoms. The summed E-state index contributed by atoms with van der Waals surface area (Å²) >= 11 is 0. The van der Waals surface area contributed by atoms with Gasteiger partial charge in [0.15, 0.2) is 0 Å². The molecule has 0 aliphatic carbocycles. The molecule has 0 saturated carbocycles. The average Bonchev–Trinajstić information content (AvgIpc) is 1.77. The maximum absolute atomic E-state index is 8.76. The van der Waals surface area contributed by atoms with Crippen molar-refractivity contribution >= 4 is 37.7 Å². The number of aromatic hydroxyl groups is 1. The number of phenolic OH excluding ortho intramolecular Hbond substituents is 1. The van der Waals surface area contributed by atoms with Crippen molar-refractivity contribution in [3.63, 3.8) is 0 Å². The fourth-order valence-corrected chi connectivity index (χ4v) is 0.545. The molecule has 0 aromatic heterocycles. The molecule has 0 spiro atoms. The summed E-state index contributed by atoms with van der Waals surface area (Å²) in [5, 5.41) is 8.76. The van der Waals surface area contributed by atoms with Gasteiger partial charge in [0.25, 0.3) is 0 Å². The van der Waals surface area contributed by atoms with Crippen LogP contribution in [0, 0.1) is 6.92 Å². The summed E-state index contributed by atoms with van der Waals surface area (Å²) in [7, 11) is 0. The zero-order valence-corrected chi connectivity index (χ0v) is 7.67. The SMILES string of the molecule is Cc1ccc(O)cc1.[Ca+2].[H-].[H-]. The van der Waals surface area contributed by atoms with Gasteiger partial charge in [-0.1, -0.05) is 17.7 Å². The second kappa shape index (κ2) is 4.15. The van der Waals surface area contributed by atoms with Crippen LogP contribution in [-0.4, -0.2) is 42.8 Å². The van der Waals surface area contributed by atoms with Crippen molar-refractivity contribution in [2.24, 2.45) is 0 Å². The maximum atomic E-state index is 8.76. The molecule has 0 aliphatic heterocycles. The Hall–Kier alpha value is 0.280. The van der Waals surface area contributed by atoms with Gasteiger partial charge in [-0.2, -0.15) is 0 Å². The third kappa shape index (κ3) is 3.09. The van der Waals surface area contributed by atoms with Crippen LogP contribution >= 0.6 is 0 Å². The second-order valence-corrected chi connectivity index (χ2v) is 1.84. The van der Waals surface area contributed by atoms with Crippen molar-refractivity contribution in [3.8, 4) is 5.75 Å². The fraction of sp³-hybridized carbons (Fsp3) is 0.143. The van der Waals surface area contributed by atoms with Crippen LogP contribution in [0.5, 0.6) is 5.75 Å². The minimum atomic E-state index is 0. The van der Waals surface area contributed by atoms with Gasteiger partial charge in [-0.05, 0) is 19.1 Å². The van der Waals surface area contributed by atoms with Gasteiger partial charge >= 0.3 is 37.7 Å². The number of phenols is 1. The van der Waals surface area contributed by atoms with E-state index in [2.05, 4.69) is 0 Å². The normalized spacial score (nSPS) is 8.11.